The van der Waals surface area contributed by atoms with Crippen molar-refractivity contribution >= 4 is 17.2 Å². The highest BCUT2D eigenvalue weighted by atomic mass is 32.1. The topological polar surface area (TPSA) is 35.6 Å². The molecule has 3 aliphatic rings. The molecule has 4 nitrogen and oxygen atoms in total. The van der Waals surface area contributed by atoms with Crippen LogP contribution < -0.4 is 5.32 Å². The lowest BCUT2D eigenvalue weighted by molar-refractivity contribution is -0.123. The van der Waals surface area contributed by atoms with E-state index in [1.807, 2.05) is 0 Å². The fraction of sp³-hybridized carbons (Fsp3) is 0.722. The maximum absolute atomic E-state index is 12.4. The van der Waals surface area contributed by atoms with Crippen molar-refractivity contribution in [2.45, 2.75) is 63.2 Å². The predicted octanol–water partition coefficient (Wildman–Crippen LogP) is 2.46. The van der Waals surface area contributed by atoms with Gasteiger partial charge in [-0.25, -0.2) is 0 Å². The third-order valence-electron chi connectivity index (χ3n) is 5.31. The fourth-order valence-electron chi connectivity index (χ4n) is 3.66. The molecule has 4 rings (SSSR count). The number of nitrogens with one attached hydrogen (secondary N) is 1. The molecule has 0 radical (unpaired) electrons. The van der Waals surface area contributed by atoms with Crippen LogP contribution in [0.25, 0.3) is 0 Å². The van der Waals surface area contributed by atoms with Gasteiger partial charge in [-0.2, -0.15) is 0 Å². The Morgan fingerprint density at radius 1 is 1.22 bits per heavy atom. The molecule has 1 amide bonds. The van der Waals surface area contributed by atoms with Crippen LogP contribution >= 0.6 is 11.3 Å². The summed E-state index contributed by atoms with van der Waals surface area (Å²) in [6, 6.07) is 6.15. The molecule has 0 unspecified atom stereocenters. The zero-order valence-corrected chi connectivity index (χ0v) is 14.6. The Labute approximate surface area is 142 Å². The van der Waals surface area contributed by atoms with Crippen molar-refractivity contribution in [3.63, 3.8) is 0 Å². The summed E-state index contributed by atoms with van der Waals surface area (Å²) in [4.78, 5) is 18.8. The van der Waals surface area contributed by atoms with Gasteiger partial charge in [0.25, 0.3) is 0 Å². The fourth-order valence-corrected chi connectivity index (χ4v) is 4.39. The Kier molecular flexibility index (Phi) is 4.69. The monoisotopic (exact) mass is 333 g/mol. The Morgan fingerprint density at radius 3 is 2.61 bits per heavy atom. The van der Waals surface area contributed by atoms with Crippen molar-refractivity contribution in [1.29, 1.82) is 0 Å². The molecule has 0 spiro atoms. The van der Waals surface area contributed by atoms with Crippen LogP contribution in [0.1, 0.15) is 43.4 Å². The first-order chi connectivity index (χ1) is 11.3. The van der Waals surface area contributed by atoms with Gasteiger partial charge in [0.05, 0.1) is 6.54 Å². The summed E-state index contributed by atoms with van der Waals surface area (Å²) in [6.07, 6.45) is 7.51. The van der Waals surface area contributed by atoms with Crippen molar-refractivity contribution in [2.75, 3.05) is 19.6 Å². The summed E-state index contributed by atoms with van der Waals surface area (Å²) in [5.74, 6) is 0.221. The number of nitrogens with zero attached hydrogens (tertiary/aromatic N) is 2. The molecule has 126 valence electrons. The molecule has 1 N–H and O–H groups in total. The van der Waals surface area contributed by atoms with Crippen LogP contribution in [0.4, 0.5) is 0 Å². The normalized spacial score (nSPS) is 23.3. The number of carbonyl (C=O) groups excluding carboxylic acids is 1. The molecule has 1 aromatic rings. The Balaban J connectivity index is 1.23. The molecule has 0 aromatic carbocycles. The summed E-state index contributed by atoms with van der Waals surface area (Å²) in [7, 11) is 0. The van der Waals surface area contributed by atoms with Crippen LogP contribution in [-0.2, 0) is 11.3 Å². The van der Waals surface area contributed by atoms with Crippen LogP contribution in [0, 0.1) is 0 Å². The van der Waals surface area contributed by atoms with Crippen molar-refractivity contribution in [1.82, 2.24) is 15.1 Å². The maximum atomic E-state index is 12.4. The van der Waals surface area contributed by atoms with Gasteiger partial charge in [-0.05, 0) is 50.0 Å². The van der Waals surface area contributed by atoms with Gasteiger partial charge in [0, 0.05) is 42.6 Å². The third kappa shape index (κ3) is 4.34. The highest BCUT2D eigenvalue weighted by molar-refractivity contribution is 7.09. The minimum atomic E-state index is 0.221. The Morgan fingerprint density at radius 2 is 2.00 bits per heavy atom. The molecule has 2 heterocycles. The molecule has 1 saturated heterocycles. The smallest absolute Gasteiger partial charge is 0.234 e. The van der Waals surface area contributed by atoms with E-state index in [4.69, 9.17) is 0 Å². The lowest BCUT2D eigenvalue weighted by Gasteiger charge is -2.32. The van der Waals surface area contributed by atoms with E-state index < -0.39 is 0 Å². The lowest BCUT2D eigenvalue weighted by atomic mass is 10.0. The summed E-state index contributed by atoms with van der Waals surface area (Å²) >= 11 is 1.79. The van der Waals surface area contributed by atoms with Gasteiger partial charge < -0.3 is 10.2 Å². The zero-order chi connectivity index (χ0) is 15.6. The molecular weight excluding hydrogens is 306 g/mol. The van der Waals surface area contributed by atoms with E-state index in [0.717, 1.165) is 38.5 Å². The first-order valence-electron chi connectivity index (χ1n) is 9.08. The summed E-state index contributed by atoms with van der Waals surface area (Å²) in [5.41, 5.74) is 0. The summed E-state index contributed by atoms with van der Waals surface area (Å²) < 4.78 is 0. The summed E-state index contributed by atoms with van der Waals surface area (Å²) in [6.45, 7) is 3.82. The SMILES string of the molecule is O=C(CN(Cc1cccs1)C1CC1)NC1CCN(C2CC2)CC1. The quantitative estimate of drug-likeness (QED) is 0.832. The van der Waals surface area contributed by atoms with Gasteiger partial charge in [0.15, 0.2) is 0 Å². The third-order valence-corrected chi connectivity index (χ3v) is 6.17. The Hall–Kier alpha value is -0.910. The molecule has 3 fully saturated rings. The predicted molar refractivity (Wildman–Crippen MR) is 93.5 cm³/mol. The largest absolute Gasteiger partial charge is 0.352 e. The van der Waals surface area contributed by atoms with Gasteiger partial charge in [-0.1, -0.05) is 6.07 Å². The molecular formula is C18H27N3OS. The van der Waals surface area contributed by atoms with Gasteiger partial charge in [-0.3, -0.25) is 9.69 Å². The van der Waals surface area contributed by atoms with E-state index in [-0.39, 0.29) is 5.91 Å². The van der Waals surface area contributed by atoms with Crippen molar-refractivity contribution in [2.24, 2.45) is 0 Å². The first kappa shape index (κ1) is 15.6. The Bertz CT molecular complexity index is 516. The van der Waals surface area contributed by atoms with Crippen molar-refractivity contribution in [3.05, 3.63) is 22.4 Å². The summed E-state index contributed by atoms with van der Waals surface area (Å²) in [5, 5.41) is 5.41. The molecule has 1 aromatic heterocycles. The van der Waals surface area contributed by atoms with Crippen molar-refractivity contribution in [3.8, 4) is 0 Å². The number of thiophene rings is 1. The van der Waals surface area contributed by atoms with E-state index in [0.29, 0.717) is 18.6 Å². The highest BCUT2D eigenvalue weighted by Gasteiger charge is 2.33. The van der Waals surface area contributed by atoms with Gasteiger partial charge in [0.2, 0.25) is 5.91 Å². The van der Waals surface area contributed by atoms with Gasteiger partial charge in [-0.15, -0.1) is 11.3 Å². The second kappa shape index (κ2) is 6.91. The van der Waals surface area contributed by atoms with Gasteiger partial charge >= 0.3 is 0 Å². The number of rotatable bonds is 7. The number of hydrogen-bond acceptors (Lipinski definition) is 4. The average molecular weight is 334 g/mol. The number of piperidine rings is 1. The molecule has 2 aliphatic carbocycles. The molecule has 5 heteroatoms. The van der Waals surface area contributed by atoms with Crippen LogP contribution in [0.2, 0.25) is 0 Å². The van der Waals surface area contributed by atoms with Crippen LogP contribution in [-0.4, -0.2) is 53.5 Å². The maximum Gasteiger partial charge on any atom is 0.234 e. The minimum Gasteiger partial charge on any atom is -0.352 e. The number of hydrogen-bond donors (Lipinski definition) is 1. The molecule has 0 atom stereocenters. The number of amides is 1. The zero-order valence-electron chi connectivity index (χ0n) is 13.7. The van der Waals surface area contributed by atoms with E-state index >= 15 is 0 Å². The average Bonchev–Trinajstić information content (AvgIpc) is 3.47. The van der Waals surface area contributed by atoms with Crippen LogP contribution in [0.15, 0.2) is 17.5 Å². The molecule has 0 bridgehead atoms. The molecule has 2 saturated carbocycles. The number of likely N-dealkylation sites (tertiary alicyclic amines) is 1. The van der Waals surface area contributed by atoms with E-state index in [1.165, 1.54) is 30.6 Å². The van der Waals surface area contributed by atoms with E-state index in [1.54, 1.807) is 11.3 Å². The van der Waals surface area contributed by atoms with Crippen LogP contribution in [0.5, 0.6) is 0 Å². The second-order valence-corrected chi connectivity index (χ2v) is 8.36. The minimum absolute atomic E-state index is 0.221. The van der Waals surface area contributed by atoms with Crippen LogP contribution in [0.3, 0.4) is 0 Å². The molecule has 1 aliphatic heterocycles. The van der Waals surface area contributed by atoms with E-state index in [9.17, 15) is 4.79 Å². The molecule has 23 heavy (non-hydrogen) atoms. The number of carbonyl (C=O) groups is 1. The standard InChI is InChI=1S/C18H27N3OS/c22-18(19-14-7-9-20(10-8-14)15-3-4-15)13-21(16-5-6-16)12-17-2-1-11-23-17/h1-2,11,14-16H,3-10,12-13H2,(H,19,22). The van der Waals surface area contributed by atoms with Crippen molar-refractivity contribution < 1.29 is 4.79 Å². The lowest BCUT2D eigenvalue weighted by Crippen LogP contribution is -2.48. The van der Waals surface area contributed by atoms with Gasteiger partial charge in [0.1, 0.15) is 0 Å². The first-order valence-corrected chi connectivity index (χ1v) is 9.96. The highest BCUT2D eigenvalue weighted by Crippen LogP contribution is 2.30. The van der Waals surface area contributed by atoms with E-state index in [2.05, 4.69) is 32.6 Å². The second-order valence-electron chi connectivity index (χ2n) is 7.32.